The highest BCUT2D eigenvalue weighted by Crippen LogP contribution is 1.87. The lowest BCUT2D eigenvalue weighted by molar-refractivity contribution is 1.39. The molecule has 0 fully saturated rings. The first-order valence-electron chi connectivity index (χ1n) is 4.02. The lowest BCUT2D eigenvalue weighted by atomic mass is 10.3. The molecule has 0 rings (SSSR count). The fourth-order valence-electron chi connectivity index (χ4n) is 0.289. The van der Waals surface area contributed by atoms with Gasteiger partial charge >= 0.3 is 0 Å². The third-order valence-electron chi connectivity index (χ3n) is 0.955. The third kappa shape index (κ3) is 27.0. The second kappa shape index (κ2) is 12.0. The highest BCUT2D eigenvalue weighted by molar-refractivity contribution is 5.06. The van der Waals surface area contributed by atoms with Gasteiger partial charge in [-0.3, -0.25) is 0 Å². The van der Waals surface area contributed by atoms with Crippen LogP contribution in [0, 0.1) is 0 Å². The van der Waals surface area contributed by atoms with Gasteiger partial charge in [0.15, 0.2) is 0 Å². The molecule has 0 amide bonds. The molecule has 0 nitrogen and oxygen atoms in total. The van der Waals surface area contributed by atoms with Gasteiger partial charge in [0.05, 0.1) is 0 Å². The largest absolute Gasteiger partial charge is 0.0919 e. The third-order valence-corrected chi connectivity index (χ3v) is 0.955. The Bertz CT molecular complexity index is 128. The van der Waals surface area contributed by atoms with E-state index in [1.165, 1.54) is 5.57 Å². The van der Waals surface area contributed by atoms with Crippen LogP contribution < -0.4 is 0 Å². The van der Waals surface area contributed by atoms with Gasteiger partial charge in [-0.1, -0.05) is 36.0 Å². The van der Waals surface area contributed by atoms with Crippen molar-refractivity contribution in [3.63, 3.8) is 0 Å². The molecule has 0 N–H and O–H groups in total. The Morgan fingerprint density at radius 2 is 1.27 bits per heavy atom. The molecule has 0 aromatic rings. The highest BCUT2D eigenvalue weighted by atomic mass is 13.7. The molecule has 0 bridgehead atoms. The fourth-order valence-corrected chi connectivity index (χ4v) is 0.289. The summed E-state index contributed by atoms with van der Waals surface area (Å²) in [4.78, 5) is 0. The van der Waals surface area contributed by atoms with E-state index < -0.39 is 0 Å². The summed E-state index contributed by atoms with van der Waals surface area (Å²) in [6.07, 6.45) is 10.1. The Morgan fingerprint density at radius 1 is 0.818 bits per heavy atom. The molecular weight excluding hydrogens is 132 g/mol. The van der Waals surface area contributed by atoms with E-state index in [1.807, 2.05) is 45.1 Å². The minimum atomic E-state index is 1.35. The Hall–Kier alpha value is -0.780. The maximum absolute atomic E-state index is 2.08. The molecule has 0 saturated heterocycles. The lowest BCUT2D eigenvalue weighted by Crippen LogP contribution is -1.56. The van der Waals surface area contributed by atoms with E-state index in [9.17, 15) is 0 Å². The number of rotatable bonds is 1. The molecule has 64 valence electrons. The van der Waals surface area contributed by atoms with Crippen molar-refractivity contribution in [2.75, 3.05) is 0 Å². The summed E-state index contributed by atoms with van der Waals surface area (Å²) in [6, 6.07) is 0. The van der Waals surface area contributed by atoms with Crippen molar-refractivity contribution in [1.29, 1.82) is 0 Å². The molecule has 0 aliphatic heterocycles. The first-order chi connectivity index (χ1) is 5.18. The van der Waals surface area contributed by atoms with Gasteiger partial charge in [0.1, 0.15) is 0 Å². The normalized spacial score (nSPS) is 9.55. The highest BCUT2D eigenvalue weighted by Gasteiger charge is 1.65. The molecule has 0 radical (unpaired) electrons. The quantitative estimate of drug-likeness (QED) is 0.392. The average Bonchev–Trinajstić information content (AvgIpc) is 2.01. The molecule has 0 unspecified atom stereocenters. The van der Waals surface area contributed by atoms with E-state index in [4.69, 9.17) is 0 Å². The Morgan fingerprint density at radius 3 is 1.36 bits per heavy atom. The summed E-state index contributed by atoms with van der Waals surface area (Å²) in [5, 5.41) is 0. The molecular formula is C11H20. The van der Waals surface area contributed by atoms with Crippen molar-refractivity contribution in [2.24, 2.45) is 0 Å². The summed E-state index contributed by atoms with van der Waals surface area (Å²) >= 11 is 0. The van der Waals surface area contributed by atoms with Crippen LogP contribution in [0.2, 0.25) is 0 Å². The zero-order chi connectivity index (χ0) is 9.11. The second-order valence-corrected chi connectivity index (χ2v) is 2.44. The van der Waals surface area contributed by atoms with Crippen LogP contribution in [0.5, 0.6) is 0 Å². The van der Waals surface area contributed by atoms with Crippen molar-refractivity contribution in [1.82, 2.24) is 0 Å². The van der Waals surface area contributed by atoms with E-state index in [-0.39, 0.29) is 0 Å². The summed E-state index contributed by atoms with van der Waals surface area (Å²) in [5.74, 6) is 0. The molecule has 0 heteroatoms. The predicted octanol–water partition coefficient (Wildman–Crippen LogP) is 4.11. The molecule has 0 aromatic carbocycles. The van der Waals surface area contributed by atoms with E-state index in [0.717, 1.165) is 0 Å². The minimum absolute atomic E-state index is 1.35. The van der Waals surface area contributed by atoms with Gasteiger partial charge in [-0.15, -0.1) is 0 Å². The van der Waals surface area contributed by atoms with Crippen LogP contribution >= 0.6 is 0 Å². The molecule has 0 spiro atoms. The maximum Gasteiger partial charge on any atom is -0.0439 e. The summed E-state index contributed by atoms with van der Waals surface area (Å²) in [7, 11) is 0. The van der Waals surface area contributed by atoms with Gasteiger partial charge in [-0.25, -0.2) is 0 Å². The van der Waals surface area contributed by atoms with Crippen LogP contribution in [0.15, 0.2) is 36.0 Å². The Balaban J connectivity index is 0. The second-order valence-electron chi connectivity index (χ2n) is 2.44. The van der Waals surface area contributed by atoms with Crippen LogP contribution in [0.4, 0.5) is 0 Å². The Kier molecular flexibility index (Phi) is 14.0. The SMILES string of the molecule is C/C=C/C=C(C)C.C/C=C\C. The smallest absolute Gasteiger partial charge is 0.0439 e. The molecule has 0 atom stereocenters. The molecule has 0 aliphatic rings. The van der Waals surface area contributed by atoms with Crippen LogP contribution in [0.1, 0.15) is 34.6 Å². The number of allylic oxidation sites excluding steroid dienone is 6. The topological polar surface area (TPSA) is 0 Å². The zero-order valence-corrected chi connectivity index (χ0v) is 8.39. The van der Waals surface area contributed by atoms with Gasteiger partial charge in [-0.05, 0) is 34.6 Å². The van der Waals surface area contributed by atoms with Crippen molar-refractivity contribution in [3.8, 4) is 0 Å². The van der Waals surface area contributed by atoms with Crippen LogP contribution in [0.3, 0.4) is 0 Å². The molecule has 11 heavy (non-hydrogen) atoms. The van der Waals surface area contributed by atoms with Gasteiger partial charge in [-0.2, -0.15) is 0 Å². The van der Waals surface area contributed by atoms with Crippen LogP contribution in [-0.4, -0.2) is 0 Å². The van der Waals surface area contributed by atoms with Crippen LogP contribution in [0.25, 0.3) is 0 Å². The minimum Gasteiger partial charge on any atom is -0.0919 e. The van der Waals surface area contributed by atoms with Crippen molar-refractivity contribution in [2.45, 2.75) is 34.6 Å². The van der Waals surface area contributed by atoms with E-state index in [1.54, 1.807) is 0 Å². The van der Waals surface area contributed by atoms with Gasteiger partial charge in [0, 0.05) is 0 Å². The summed E-state index contributed by atoms with van der Waals surface area (Å²) < 4.78 is 0. The van der Waals surface area contributed by atoms with E-state index >= 15 is 0 Å². The first kappa shape index (κ1) is 12.9. The maximum atomic E-state index is 2.08. The molecule has 0 aliphatic carbocycles. The number of hydrogen-bond acceptors (Lipinski definition) is 0. The monoisotopic (exact) mass is 152 g/mol. The summed E-state index contributed by atoms with van der Waals surface area (Å²) in [6.45, 7) is 10.2. The Labute approximate surface area is 71.3 Å². The predicted molar refractivity (Wildman–Crippen MR) is 54.7 cm³/mol. The molecule has 0 saturated carbocycles. The lowest BCUT2D eigenvalue weighted by Gasteiger charge is -1.77. The molecule has 0 heterocycles. The van der Waals surface area contributed by atoms with E-state index in [2.05, 4.69) is 19.9 Å². The number of hydrogen-bond donors (Lipinski definition) is 0. The van der Waals surface area contributed by atoms with Gasteiger partial charge < -0.3 is 0 Å². The summed E-state index contributed by atoms with van der Waals surface area (Å²) in [5.41, 5.74) is 1.35. The van der Waals surface area contributed by atoms with Crippen molar-refractivity contribution < 1.29 is 0 Å². The standard InChI is InChI=1S/C7H12.C4H8/c1-4-5-6-7(2)3;1-3-4-2/h4-6H,1-3H3;3-4H,1-2H3/b5-4+;4-3-. The van der Waals surface area contributed by atoms with Crippen molar-refractivity contribution >= 4 is 0 Å². The fraction of sp³-hybridized carbons (Fsp3) is 0.455. The van der Waals surface area contributed by atoms with Crippen LogP contribution in [-0.2, 0) is 0 Å². The first-order valence-corrected chi connectivity index (χ1v) is 4.02. The molecule has 0 aromatic heterocycles. The van der Waals surface area contributed by atoms with Gasteiger partial charge in [0.25, 0.3) is 0 Å². The van der Waals surface area contributed by atoms with Crippen molar-refractivity contribution in [3.05, 3.63) is 36.0 Å². The average molecular weight is 152 g/mol. The zero-order valence-electron chi connectivity index (χ0n) is 8.39. The van der Waals surface area contributed by atoms with Gasteiger partial charge in [0.2, 0.25) is 0 Å². The van der Waals surface area contributed by atoms with E-state index in [0.29, 0.717) is 0 Å².